The standard InChI is InChI=1S/C27H28N4O/c28-26-29-27(23-12-3-1-4-13-23,24-14-5-2-6-15-24)20-31(26)19-21-10-9-11-22(18-21)25(32)30-16-7-8-17-30/h1-6,9-15,18H,7-8,16-17,19-20H2,(H2,28,29). The van der Waals surface area contributed by atoms with E-state index in [0.29, 0.717) is 19.0 Å². The molecule has 2 heterocycles. The summed E-state index contributed by atoms with van der Waals surface area (Å²) in [7, 11) is 0. The first-order valence-corrected chi connectivity index (χ1v) is 11.3. The van der Waals surface area contributed by atoms with Crippen LogP contribution in [-0.4, -0.2) is 41.3 Å². The van der Waals surface area contributed by atoms with Crippen molar-refractivity contribution in [2.75, 3.05) is 19.6 Å². The molecule has 0 aliphatic carbocycles. The van der Waals surface area contributed by atoms with Gasteiger partial charge < -0.3 is 15.1 Å². The average Bonchev–Trinajstić information content (AvgIpc) is 3.49. The van der Waals surface area contributed by atoms with Crippen LogP contribution in [-0.2, 0) is 12.1 Å². The fourth-order valence-electron chi connectivity index (χ4n) is 4.89. The van der Waals surface area contributed by atoms with Crippen molar-refractivity contribution in [2.24, 2.45) is 0 Å². The number of nitrogens with zero attached hydrogens (tertiary/aromatic N) is 2. The van der Waals surface area contributed by atoms with E-state index in [4.69, 9.17) is 5.41 Å². The lowest BCUT2D eigenvalue weighted by molar-refractivity contribution is 0.0792. The maximum atomic E-state index is 12.8. The van der Waals surface area contributed by atoms with E-state index in [0.717, 1.165) is 48.2 Å². The van der Waals surface area contributed by atoms with Gasteiger partial charge in [-0.05, 0) is 41.7 Å². The number of amides is 1. The molecule has 0 saturated carbocycles. The summed E-state index contributed by atoms with van der Waals surface area (Å²) >= 11 is 0. The van der Waals surface area contributed by atoms with Crippen LogP contribution in [0.1, 0.15) is 39.9 Å². The van der Waals surface area contributed by atoms with E-state index in [1.54, 1.807) is 0 Å². The minimum absolute atomic E-state index is 0.113. The van der Waals surface area contributed by atoms with Gasteiger partial charge in [0.15, 0.2) is 5.96 Å². The average molecular weight is 425 g/mol. The Balaban J connectivity index is 1.42. The van der Waals surface area contributed by atoms with Crippen molar-refractivity contribution in [1.82, 2.24) is 15.1 Å². The van der Waals surface area contributed by atoms with Crippen LogP contribution in [0.15, 0.2) is 84.9 Å². The topological polar surface area (TPSA) is 59.4 Å². The van der Waals surface area contributed by atoms with Gasteiger partial charge in [0.05, 0.1) is 6.54 Å². The van der Waals surface area contributed by atoms with Crippen LogP contribution >= 0.6 is 0 Å². The molecule has 0 spiro atoms. The molecule has 0 aromatic heterocycles. The number of benzene rings is 3. The molecule has 1 amide bonds. The van der Waals surface area contributed by atoms with Crippen molar-refractivity contribution >= 4 is 11.9 Å². The lowest BCUT2D eigenvalue weighted by atomic mass is 9.83. The molecule has 162 valence electrons. The second-order valence-electron chi connectivity index (χ2n) is 8.67. The van der Waals surface area contributed by atoms with Crippen molar-refractivity contribution in [3.8, 4) is 0 Å². The maximum absolute atomic E-state index is 12.8. The highest BCUT2D eigenvalue weighted by Crippen LogP contribution is 2.35. The van der Waals surface area contributed by atoms with Gasteiger partial charge in [-0.2, -0.15) is 0 Å². The van der Waals surface area contributed by atoms with E-state index in [2.05, 4.69) is 34.5 Å². The minimum atomic E-state index is -0.484. The molecule has 2 aliphatic rings. The molecule has 3 aromatic rings. The fourth-order valence-corrected chi connectivity index (χ4v) is 4.89. The van der Waals surface area contributed by atoms with Gasteiger partial charge >= 0.3 is 0 Å². The van der Waals surface area contributed by atoms with Crippen LogP contribution in [0.5, 0.6) is 0 Å². The Hall–Kier alpha value is -3.60. The Kier molecular flexibility index (Phi) is 5.39. The first kappa shape index (κ1) is 20.3. The Morgan fingerprint density at radius 1 is 0.875 bits per heavy atom. The zero-order valence-electron chi connectivity index (χ0n) is 18.1. The van der Waals surface area contributed by atoms with Gasteiger partial charge in [0.25, 0.3) is 5.91 Å². The molecular weight excluding hydrogens is 396 g/mol. The zero-order chi connectivity index (χ0) is 22.0. The molecule has 0 bridgehead atoms. The van der Waals surface area contributed by atoms with E-state index in [1.807, 2.05) is 65.6 Å². The first-order chi connectivity index (χ1) is 15.7. The highest BCUT2D eigenvalue weighted by Gasteiger charge is 2.43. The highest BCUT2D eigenvalue weighted by molar-refractivity contribution is 5.94. The molecule has 2 N–H and O–H groups in total. The van der Waals surface area contributed by atoms with E-state index >= 15 is 0 Å². The molecule has 2 aliphatic heterocycles. The number of hydrogen-bond donors (Lipinski definition) is 2. The molecule has 32 heavy (non-hydrogen) atoms. The number of rotatable bonds is 5. The normalized spacial score (nSPS) is 17.4. The summed E-state index contributed by atoms with van der Waals surface area (Å²) in [4.78, 5) is 16.8. The van der Waals surface area contributed by atoms with Gasteiger partial charge in [-0.1, -0.05) is 72.8 Å². The molecule has 5 heteroatoms. The van der Waals surface area contributed by atoms with Crippen LogP contribution in [0.4, 0.5) is 0 Å². The van der Waals surface area contributed by atoms with Crippen molar-refractivity contribution in [2.45, 2.75) is 24.9 Å². The monoisotopic (exact) mass is 424 g/mol. The molecule has 2 saturated heterocycles. The molecule has 0 atom stereocenters. The summed E-state index contributed by atoms with van der Waals surface area (Å²) in [5, 5.41) is 12.2. The fraction of sp³-hybridized carbons (Fsp3) is 0.259. The molecule has 5 nitrogen and oxygen atoms in total. The van der Waals surface area contributed by atoms with Gasteiger partial charge in [-0.3, -0.25) is 10.2 Å². The predicted octanol–water partition coefficient (Wildman–Crippen LogP) is 4.21. The number of carbonyl (C=O) groups is 1. The van der Waals surface area contributed by atoms with Gasteiger partial charge in [0.2, 0.25) is 0 Å². The molecule has 0 unspecified atom stereocenters. The molecule has 2 fully saturated rings. The van der Waals surface area contributed by atoms with Crippen LogP contribution < -0.4 is 5.32 Å². The summed E-state index contributed by atoms with van der Waals surface area (Å²) in [5.74, 6) is 0.510. The van der Waals surface area contributed by atoms with Crippen molar-refractivity contribution in [3.05, 3.63) is 107 Å². The highest BCUT2D eigenvalue weighted by atomic mass is 16.2. The van der Waals surface area contributed by atoms with Gasteiger partial charge in [0, 0.05) is 25.2 Å². The van der Waals surface area contributed by atoms with Crippen LogP contribution in [0.2, 0.25) is 0 Å². The summed E-state index contributed by atoms with van der Waals surface area (Å²) < 4.78 is 0. The Morgan fingerprint density at radius 3 is 2.12 bits per heavy atom. The van der Waals surface area contributed by atoms with Gasteiger partial charge in [0.1, 0.15) is 5.54 Å². The number of nitrogens with one attached hydrogen (secondary N) is 2. The second-order valence-corrected chi connectivity index (χ2v) is 8.67. The third-order valence-electron chi connectivity index (χ3n) is 6.55. The Bertz CT molecular complexity index is 1070. The first-order valence-electron chi connectivity index (χ1n) is 11.3. The van der Waals surface area contributed by atoms with E-state index < -0.39 is 5.54 Å². The molecular formula is C27H28N4O. The summed E-state index contributed by atoms with van der Waals surface area (Å²) in [6, 6.07) is 28.6. The predicted molar refractivity (Wildman–Crippen MR) is 127 cm³/mol. The minimum Gasteiger partial charge on any atom is -0.341 e. The van der Waals surface area contributed by atoms with Crippen LogP contribution in [0.3, 0.4) is 0 Å². The van der Waals surface area contributed by atoms with E-state index in [-0.39, 0.29) is 5.91 Å². The largest absolute Gasteiger partial charge is 0.341 e. The number of likely N-dealkylation sites (tertiary alicyclic amines) is 1. The van der Waals surface area contributed by atoms with Crippen molar-refractivity contribution in [3.63, 3.8) is 0 Å². The third kappa shape index (κ3) is 3.75. The maximum Gasteiger partial charge on any atom is 0.253 e. The quantitative estimate of drug-likeness (QED) is 0.645. The number of carbonyl (C=O) groups excluding carboxylic acids is 1. The number of hydrogen-bond acceptors (Lipinski definition) is 2. The third-order valence-corrected chi connectivity index (χ3v) is 6.55. The summed E-state index contributed by atoms with van der Waals surface area (Å²) in [5.41, 5.74) is 3.56. The lowest BCUT2D eigenvalue weighted by Gasteiger charge is -2.30. The van der Waals surface area contributed by atoms with Gasteiger partial charge in [-0.25, -0.2) is 0 Å². The molecule has 5 rings (SSSR count). The van der Waals surface area contributed by atoms with Gasteiger partial charge in [-0.15, -0.1) is 0 Å². The van der Waals surface area contributed by atoms with E-state index in [9.17, 15) is 4.79 Å². The second kappa shape index (κ2) is 8.50. The van der Waals surface area contributed by atoms with Crippen LogP contribution in [0, 0.1) is 5.41 Å². The van der Waals surface area contributed by atoms with Crippen LogP contribution in [0.25, 0.3) is 0 Å². The Labute approximate surface area is 189 Å². The van der Waals surface area contributed by atoms with Crippen molar-refractivity contribution < 1.29 is 4.79 Å². The SMILES string of the molecule is N=C1NC(c2ccccc2)(c2ccccc2)CN1Cc1cccc(C(=O)N2CCCC2)c1. The zero-order valence-corrected chi connectivity index (χ0v) is 18.1. The van der Waals surface area contributed by atoms with Crippen molar-refractivity contribution in [1.29, 1.82) is 5.41 Å². The number of guanidine groups is 1. The van der Waals surface area contributed by atoms with E-state index in [1.165, 1.54) is 0 Å². The smallest absolute Gasteiger partial charge is 0.253 e. The summed E-state index contributed by atoms with van der Waals surface area (Å²) in [6.45, 7) is 2.92. The Morgan fingerprint density at radius 2 is 1.50 bits per heavy atom. The summed E-state index contributed by atoms with van der Waals surface area (Å²) in [6.07, 6.45) is 2.17. The molecule has 0 radical (unpaired) electrons. The molecule has 3 aromatic carbocycles. The lowest BCUT2D eigenvalue weighted by Crippen LogP contribution is -2.41.